The van der Waals surface area contributed by atoms with Gasteiger partial charge in [-0.1, -0.05) is 0 Å². The summed E-state index contributed by atoms with van der Waals surface area (Å²) >= 11 is 0. The quantitative estimate of drug-likeness (QED) is 0.806. The molecule has 0 atom stereocenters. The first-order valence-corrected chi connectivity index (χ1v) is 7.77. The first kappa shape index (κ1) is 14.9. The van der Waals surface area contributed by atoms with Crippen molar-refractivity contribution in [3.05, 3.63) is 58.7 Å². The number of halogens is 2. The number of fused-ring (bicyclic) bond motifs is 2. The molecule has 24 heavy (non-hydrogen) atoms. The molecule has 0 spiro atoms. The van der Waals surface area contributed by atoms with Gasteiger partial charge in [0.15, 0.2) is 23.1 Å². The third-order valence-electron chi connectivity index (χ3n) is 4.33. The lowest BCUT2D eigenvalue weighted by molar-refractivity contribution is 0.0733. The van der Waals surface area contributed by atoms with Crippen LogP contribution >= 0.6 is 0 Å². The summed E-state index contributed by atoms with van der Waals surface area (Å²) in [4.78, 5) is 14.2. The van der Waals surface area contributed by atoms with Crippen LogP contribution < -0.4 is 9.47 Å². The van der Waals surface area contributed by atoms with Gasteiger partial charge >= 0.3 is 0 Å². The van der Waals surface area contributed by atoms with E-state index in [0.717, 1.165) is 29.0 Å². The summed E-state index contributed by atoms with van der Waals surface area (Å²) in [6.45, 7) is 1.96. The van der Waals surface area contributed by atoms with E-state index in [1.54, 1.807) is 4.90 Å². The Bertz CT molecular complexity index is 822. The van der Waals surface area contributed by atoms with Gasteiger partial charge in [-0.3, -0.25) is 4.79 Å². The van der Waals surface area contributed by atoms with Gasteiger partial charge in [0.1, 0.15) is 13.2 Å². The normalized spacial score (nSPS) is 15.8. The van der Waals surface area contributed by atoms with E-state index in [1.807, 2.05) is 12.1 Å². The summed E-state index contributed by atoms with van der Waals surface area (Å²) in [5, 5.41) is 0. The molecule has 2 aliphatic heterocycles. The molecule has 2 aromatic rings. The lowest BCUT2D eigenvalue weighted by atomic mass is 9.98. The molecule has 0 fully saturated rings. The van der Waals surface area contributed by atoms with Crippen molar-refractivity contribution < 1.29 is 23.0 Å². The van der Waals surface area contributed by atoms with E-state index in [-0.39, 0.29) is 11.5 Å². The number of benzene rings is 2. The van der Waals surface area contributed by atoms with Crippen molar-refractivity contribution in [3.8, 4) is 11.5 Å². The molecule has 0 saturated heterocycles. The van der Waals surface area contributed by atoms with Crippen LogP contribution in [-0.4, -0.2) is 30.6 Å². The Balaban J connectivity index is 1.59. The Morgan fingerprint density at radius 3 is 2.38 bits per heavy atom. The summed E-state index contributed by atoms with van der Waals surface area (Å²) in [5.41, 5.74) is 2.25. The third kappa shape index (κ3) is 2.58. The van der Waals surface area contributed by atoms with Crippen molar-refractivity contribution in [1.29, 1.82) is 0 Å². The van der Waals surface area contributed by atoms with E-state index in [4.69, 9.17) is 9.47 Å². The van der Waals surface area contributed by atoms with E-state index in [9.17, 15) is 13.6 Å². The number of ether oxygens (including phenoxy) is 2. The predicted molar refractivity (Wildman–Crippen MR) is 82.2 cm³/mol. The van der Waals surface area contributed by atoms with Gasteiger partial charge < -0.3 is 14.4 Å². The molecule has 124 valence electrons. The SMILES string of the molecule is O=C(c1ccc(F)c(F)c1)N1CCc2cc3c(cc2C1)OCCO3. The summed E-state index contributed by atoms with van der Waals surface area (Å²) in [5.74, 6) is -0.867. The molecule has 0 bridgehead atoms. The van der Waals surface area contributed by atoms with Crippen molar-refractivity contribution in [2.24, 2.45) is 0 Å². The van der Waals surface area contributed by atoms with Crippen LogP contribution in [0.15, 0.2) is 30.3 Å². The number of nitrogens with zero attached hydrogens (tertiary/aromatic N) is 1. The Morgan fingerprint density at radius 1 is 0.958 bits per heavy atom. The van der Waals surface area contributed by atoms with Crippen LogP contribution in [0, 0.1) is 11.6 Å². The molecular weight excluding hydrogens is 316 g/mol. The number of hydrogen-bond donors (Lipinski definition) is 0. The average molecular weight is 331 g/mol. The van der Waals surface area contributed by atoms with E-state index in [2.05, 4.69) is 0 Å². The van der Waals surface area contributed by atoms with E-state index in [0.29, 0.717) is 38.5 Å². The molecule has 6 heteroatoms. The Labute approximate surface area is 137 Å². The van der Waals surface area contributed by atoms with Gasteiger partial charge in [0.05, 0.1) is 0 Å². The molecule has 0 aromatic heterocycles. The highest BCUT2D eigenvalue weighted by molar-refractivity contribution is 5.94. The fourth-order valence-electron chi connectivity index (χ4n) is 3.08. The minimum atomic E-state index is -1.02. The maximum Gasteiger partial charge on any atom is 0.254 e. The van der Waals surface area contributed by atoms with Gasteiger partial charge in [-0.2, -0.15) is 0 Å². The topological polar surface area (TPSA) is 38.8 Å². The van der Waals surface area contributed by atoms with Crippen LogP contribution in [0.2, 0.25) is 0 Å². The fourth-order valence-corrected chi connectivity index (χ4v) is 3.08. The highest BCUT2D eigenvalue weighted by Gasteiger charge is 2.25. The molecule has 0 saturated carbocycles. The highest BCUT2D eigenvalue weighted by Crippen LogP contribution is 2.35. The first-order chi connectivity index (χ1) is 11.6. The molecule has 0 radical (unpaired) electrons. The maximum absolute atomic E-state index is 13.4. The molecule has 0 N–H and O–H groups in total. The summed E-state index contributed by atoms with van der Waals surface area (Å²) in [6.07, 6.45) is 0.682. The summed E-state index contributed by atoms with van der Waals surface area (Å²) < 4.78 is 37.5. The molecule has 2 aromatic carbocycles. The Hall–Kier alpha value is -2.63. The molecule has 0 unspecified atom stereocenters. The monoisotopic (exact) mass is 331 g/mol. The second-order valence-electron chi connectivity index (χ2n) is 5.87. The molecule has 4 nitrogen and oxygen atoms in total. The smallest absolute Gasteiger partial charge is 0.254 e. The predicted octanol–water partition coefficient (Wildman–Crippen LogP) is 2.93. The van der Waals surface area contributed by atoms with Crippen LogP contribution in [0.1, 0.15) is 21.5 Å². The third-order valence-corrected chi connectivity index (χ3v) is 4.33. The molecule has 1 amide bonds. The number of hydrogen-bond acceptors (Lipinski definition) is 3. The lowest BCUT2D eigenvalue weighted by Crippen LogP contribution is -2.36. The zero-order valence-corrected chi connectivity index (χ0v) is 12.9. The largest absolute Gasteiger partial charge is 0.486 e. The maximum atomic E-state index is 13.4. The van der Waals surface area contributed by atoms with Crippen LogP contribution in [0.25, 0.3) is 0 Å². The zero-order valence-electron chi connectivity index (χ0n) is 12.9. The fraction of sp³-hybridized carbons (Fsp3) is 0.278. The Kier molecular flexibility index (Phi) is 3.59. The second kappa shape index (κ2) is 5.78. The van der Waals surface area contributed by atoms with Crippen molar-refractivity contribution in [3.63, 3.8) is 0 Å². The molecule has 0 aliphatic carbocycles. The minimum Gasteiger partial charge on any atom is -0.486 e. The lowest BCUT2D eigenvalue weighted by Gasteiger charge is -2.30. The van der Waals surface area contributed by atoms with Crippen LogP contribution in [-0.2, 0) is 13.0 Å². The van der Waals surface area contributed by atoms with Gasteiger partial charge in [-0.25, -0.2) is 8.78 Å². The van der Waals surface area contributed by atoms with E-state index in [1.165, 1.54) is 6.07 Å². The van der Waals surface area contributed by atoms with Crippen molar-refractivity contribution >= 4 is 5.91 Å². The first-order valence-electron chi connectivity index (χ1n) is 7.77. The van der Waals surface area contributed by atoms with Crippen molar-refractivity contribution in [2.45, 2.75) is 13.0 Å². The summed E-state index contributed by atoms with van der Waals surface area (Å²) in [6, 6.07) is 7.08. The molecule has 2 heterocycles. The van der Waals surface area contributed by atoms with Gasteiger partial charge in [0, 0.05) is 18.7 Å². The van der Waals surface area contributed by atoms with Crippen LogP contribution in [0.5, 0.6) is 11.5 Å². The second-order valence-corrected chi connectivity index (χ2v) is 5.87. The van der Waals surface area contributed by atoms with Crippen molar-refractivity contribution in [2.75, 3.05) is 19.8 Å². The van der Waals surface area contributed by atoms with Crippen molar-refractivity contribution in [1.82, 2.24) is 4.90 Å². The summed E-state index contributed by atoms with van der Waals surface area (Å²) in [7, 11) is 0. The number of amides is 1. The highest BCUT2D eigenvalue weighted by atomic mass is 19.2. The molecule has 2 aliphatic rings. The van der Waals surface area contributed by atoms with Gasteiger partial charge in [-0.15, -0.1) is 0 Å². The standard InChI is InChI=1S/C18H15F2NO3/c19-14-2-1-12(7-15(14)20)18(22)21-4-3-11-8-16-17(9-13(11)10-21)24-6-5-23-16/h1-2,7-9H,3-6,10H2. The van der Waals surface area contributed by atoms with E-state index >= 15 is 0 Å². The molecular formula is C18H15F2NO3. The number of carbonyl (C=O) groups is 1. The number of carbonyl (C=O) groups excluding carboxylic acids is 1. The minimum absolute atomic E-state index is 0.148. The van der Waals surface area contributed by atoms with Gasteiger partial charge in [0.25, 0.3) is 5.91 Å². The van der Waals surface area contributed by atoms with E-state index < -0.39 is 11.6 Å². The average Bonchev–Trinajstić information content (AvgIpc) is 2.61. The zero-order chi connectivity index (χ0) is 16.7. The molecule has 4 rings (SSSR count). The van der Waals surface area contributed by atoms with Gasteiger partial charge in [0.2, 0.25) is 0 Å². The van der Waals surface area contributed by atoms with Gasteiger partial charge in [-0.05, 0) is 47.9 Å². The number of rotatable bonds is 1. The van der Waals surface area contributed by atoms with Crippen LogP contribution in [0.3, 0.4) is 0 Å². The Morgan fingerprint density at radius 2 is 1.67 bits per heavy atom. The van der Waals surface area contributed by atoms with Crippen LogP contribution in [0.4, 0.5) is 8.78 Å².